The maximum atomic E-state index is 6.02. The quantitative estimate of drug-likeness (QED) is 0.417. The highest BCUT2D eigenvalue weighted by Crippen LogP contribution is 2.29. The van der Waals surface area contributed by atoms with E-state index in [9.17, 15) is 0 Å². The lowest BCUT2D eigenvalue weighted by molar-refractivity contribution is 0.269. The molecule has 132 valence electrons. The Labute approximate surface area is 161 Å². The van der Waals surface area contributed by atoms with Crippen LogP contribution in [0.4, 0.5) is 0 Å². The molecule has 0 aliphatic heterocycles. The maximum Gasteiger partial charge on any atom is 0.184 e. The zero-order chi connectivity index (χ0) is 18.2. The van der Waals surface area contributed by atoms with Crippen LogP contribution < -0.4 is 20.6 Å². The summed E-state index contributed by atoms with van der Waals surface area (Å²) in [7, 11) is 0. The molecular weight excluding hydrogens is 381 g/mol. The van der Waals surface area contributed by atoms with Gasteiger partial charge in [-0.05, 0) is 60.6 Å². The molecular formula is C17H17Cl2N3O2S. The number of benzene rings is 2. The third-order valence-corrected chi connectivity index (χ3v) is 3.86. The summed E-state index contributed by atoms with van der Waals surface area (Å²) >= 11 is 16.6. The number of hydrogen-bond acceptors (Lipinski definition) is 4. The summed E-state index contributed by atoms with van der Waals surface area (Å²) in [6.45, 7) is 2.75. The fourth-order valence-electron chi connectivity index (χ4n) is 1.95. The van der Waals surface area contributed by atoms with Crippen molar-refractivity contribution in [3.05, 3.63) is 57.6 Å². The van der Waals surface area contributed by atoms with Crippen molar-refractivity contribution >= 4 is 46.7 Å². The molecule has 5 nitrogen and oxygen atoms in total. The minimum Gasteiger partial charge on any atom is -0.490 e. The van der Waals surface area contributed by atoms with Crippen LogP contribution in [0.2, 0.25) is 10.0 Å². The van der Waals surface area contributed by atoms with Crippen LogP contribution in [-0.2, 0) is 6.61 Å². The smallest absolute Gasteiger partial charge is 0.184 e. The van der Waals surface area contributed by atoms with Crippen molar-refractivity contribution in [3.63, 3.8) is 0 Å². The van der Waals surface area contributed by atoms with Crippen molar-refractivity contribution in [1.29, 1.82) is 0 Å². The Kier molecular flexibility index (Phi) is 7.31. The second-order valence-electron chi connectivity index (χ2n) is 4.91. The van der Waals surface area contributed by atoms with E-state index < -0.39 is 0 Å². The summed E-state index contributed by atoms with van der Waals surface area (Å²) in [6.07, 6.45) is 1.59. The number of thiocarbonyl (C=S) groups is 1. The van der Waals surface area contributed by atoms with Gasteiger partial charge in [0.25, 0.3) is 0 Å². The summed E-state index contributed by atoms with van der Waals surface area (Å²) < 4.78 is 11.5. The van der Waals surface area contributed by atoms with Crippen molar-refractivity contribution in [1.82, 2.24) is 5.43 Å². The third kappa shape index (κ3) is 6.08. The SMILES string of the molecule is CCOc1cc(/C=N/NC(N)=S)ccc1OCc1ccc(Cl)c(Cl)c1. The van der Waals surface area contributed by atoms with Gasteiger partial charge < -0.3 is 15.2 Å². The van der Waals surface area contributed by atoms with Crippen LogP contribution in [0.25, 0.3) is 0 Å². The Hall–Kier alpha value is -2.02. The van der Waals surface area contributed by atoms with Gasteiger partial charge in [-0.25, -0.2) is 0 Å². The highest BCUT2D eigenvalue weighted by atomic mass is 35.5. The van der Waals surface area contributed by atoms with Crippen LogP contribution in [0.15, 0.2) is 41.5 Å². The molecule has 2 aromatic carbocycles. The first-order valence-corrected chi connectivity index (χ1v) is 8.58. The molecule has 0 amide bonds. The average molecular weight is 398 g/mol. The normalized spacial score (nSPS) is 10.7. The first-order valence-electron chi connectivity index (χ1n) is 7.41. The Balaban J connectivity index is 2.11. The van der Waals surface area contributed by atoms with E-state index in [-0.39, 0.29) is 5.11 Å². The van der Waals surface area contributed by atoms with Gasteiger partial charge in [0.05, 0.1) is 22.9 Å². The van der Waals surface area contributed by atoms with Gasteiger partial charge in [-0.15, -0.1) is 0 Å². The van der Waals surface area contributed by atoms with Crippen LogP contribution in [0, 0.1) is 0 Å². The predicted molar refractivity (Wildman–Crippen MR) is 106 cm³/mol. The van der Waals surface area contributed by atoms with Crippen molar-refractivity contribution in [2.45, 2.75) is 13.5 Å². The number of hydrazone groups is 1. The average Bonchev–Trinajstić information content (AvgIpc) is 2.57. The van der Waals surface area contributed by atoms with Crippen LogP contribution in [0.1, 0.15) is 18.1 Å². The Morgan fingerprint density at radius 2 is 1.96 bits per heavy atom. The van der Waals surface area contributed by atoms with Gasteiger partial charge in [0.15, 0.2) is 16.6 Å². The fourth-order valence-corrected chi connectivity index (χ4v) is 2.33. The zero-order valence-corrected chi connectivity index (χ0v) is 15.8. The topological polar surface area (TPSA) is 68.9 Å². The molecule has 25 heavy (non-hydrogen) atoms. The summed E-state index contributed by atoms with van der Waals surface area (Å²) in [5.41, 5.74) is 9.54. The number of nitrogens with two attached hydrogens (primary N) is 1. The lowest BCUT2D eigenvalue weighted by atomic mass is 10.2. The Bertz CT molecular complexity index is 784. The largest absolute Gasteiger partial charge is 0.490 e. The minimum absolute atomic E-state index is 0.0999. The van der Waals surface area contributed by atoms with Gasteiger partial charge in [0.1, 0.15) is 6.61 Å². The summed E-state index contributed by atoms with van der Waals surface area (Å²) in [4.78, 5) is 0. The molecule has 0 saturated carbocycles. The van der Waals surface area contributed by atoms with E-state index in [0.29, 0.717) is 34.8 Å². The highest BCUT2D eigenvalue weighted by Gasteiger charge is 2.07. The molecule has 0 aliphatic carbocycles. The van der Waals surface area contributed by atoms with Gasteiger partial charge in [-0.3, -0.25) is 5.43 Å². The monoisotopic (exact) mass is 397 g/mol. The standard InChI is InChI=1S/C17H17Cl2N3O2S/c1-2-23-16-8-11(9-21-22-17(20)25)4-6-15(16)24-10-12-3-5-13(18)14(19)7-12/h3-9H,2,10H2,1H3,(H3,20,22,25)/b21-9+. The summed E-state index contributed by atoms with van der Waals surface area (Å²) in [6, 6.07) is 10.8. The third-order valence-electron chi connectivity index (χ3n) is 3.03. The van der Waals surface area contributed by atoms with E-state index in [4.69, 9.17) is 38.4 Å². The zero-order valence-electron chi connectivity index (χ0n) is 13.5. The summed E-state index contributed by atoms with van der Waals surface area (Å²) in [5, 5.41) is 5.02. The molecule has 3 N–H and O–H groups in total. The predicted octanol–water partition coefficient (Wildman–Crippen LogP) is 4.14. The molecule has 0 unspecified atom stereocenters. The number of halogens is 2. The van der Waals surface area contributed by atoms with Crippen LogP contribution >= 0.6 is 35.4 Å². The molecule has 0 aromatic heterocycles. The number of nitrogens with zero attached hydrogens (tertiary/aromatic N) is 1. The lowest BCUT2D eigenvalue weighted by Crippen LogP contribution is -2.23. The van der Waals surface area contributed by atoms with E-state index in [1.54, 1.807) is 18.3 Å². The molecule has 0 bridgehead atoms. The maximum absolute atomic E-state index is 6.02. The van der Waals surface area contributed by atoms with E-state index in [1.807, 2.05) is 31.2 Å². The molecule has 0 aliphatic rings. The highest BCUT2D eigenvalue weighted by molar-refractivity contribution is 7.80. The Morgan fingerprint density at radius 3 is 2.64 bits per heavy atom. The molecule has 0 fully saturated rings. The molecule has 0 heterocycles. The van der Waals surface area contributed by atoms with Crippen LogP contribution in [0.3, 0.4) is 0 Å². The number of ether oxygens (including phenoxy) is 2. The molecule has 0 radical (unpaired) electrons. The van der Waals surface area contributed by atoms with Crippen molar-refractivity contribution in [3.8, 4) is 11.5 Å². The minimum atomic E-state index is 0.0999. The van der Waals surface area contributed by atoms with Gasteiger partial charge in [-0.1, -0.05) is 29.3 Å². The molecule has 2 aromatic rings. The molecule has 0 spiro atoms. The van der Waals surface area contributed by atoms with Gasteiger partial charge in [0, 0.05) is 0 Å². The molecule has 0 atom stereocenters. The van der Waals surface area contributed by atoms with Crippen LogP contribution in [-0.4, -0.2) is 17.9 Å². The van der Waals surface area contributed by atoms with Crippen molar-refractivity contribution in [2.24, 2.45) is 10.8 Å². The van der Waals surface area contributed by atoms with Crippen molar-refractivity contribution < 1.29 is 9.47 Å². The van der Waals surface area contributed by atoms with Gasteiger partial charge >= 0.3 is 0 Å². The number of rotatable bonds is 7. The van der Waals surface area contributed by atoms with E-state index in [0.717, 1.165) is 11.1 Å². The van der Waals surface area contributed by atoms with E-state index in [1.165, 1.54) is 0 Å². The first-order chi connectivity index (χ1) is 12.0. The number of hydrogen-bond donors (Lipinski definition) is 2. The van der Waals surface area contributed by atoms with E-state index in [2.05, 4.69) is 22.7 Å². The second-order valence-corrected chi connectivity index (χ2v) is 6.16. The summed E-state index contributed by atoms with van der Waals surface area (Å²) in [5.74, 6) is 1.23. The van der Waals surface area contributed by atoms with Gasteiger partial charge in [0.2, 0.25) is 0 Å². The molecule has 8 heteroatoms. The molecule has 0 saturated heterocycles. The lowest BCUT2D eigenvalue weighted by Gasteiger charge is -2.13. The van der Waals surface area contributed by atoms with Gasteiger partial charge in [-0.2, -0.15) is 5.10 Å². The molecule has 2 rings (SSSR count). The number of nitrogens with one attached hydrogen (secondary N) is 1. The first kappa shape index (κ1) is 19.3. The van der Waals surface area contributed by atoms with Crippen molar-refractivity contribution in [2.75, 3.05) is 6.61 Å². The Morgan fingerprint density at radius 1 is 1.16 bits per heavy atom. The van der Waals surface area contributed by atoms with Crippen LogP contribution in [0.5, 0.6) is 11.5 Å². The second kappa shape index (κ2) is 9.46. The van der Waals surface area contributed by atoms with E-state index >= 15 is 0 Å². The fraction of sp³-hybridized carbons (Fsp3) is 0.176.